The standard InChI is InChI=1S/C16H26N4/c1-13-12-19(2)8-3-9-20(13)16-6-7-17-10-14(16)11-18-15-4-5-15/h6-7,10,13,15,18H,3-5,8-9,11-12H2,1-2H3. The number of likely N-dealkylation sites (N-methyl/N-ethyl adjacent to an activating group) is 1. The van der Waals surface area contributed by atoms with Crippen LogP contribution < -0.4 is 10.2 Å². The summed E-state index contributed by atoms with van der Waals surface area (Å²) in [7, 11) is 2.22. The lowest BCUT2D eigenvalue weighted by molar-refractivity contribution is 0.337. The molecular formula is C16H26N4. The Balaban J connectivity index is 1.76. The Kier molecular flexibility index (Phi) is 4.22. The van der Waals surface area contributed by atoms with Gasteiger partial charge >= 0.3 is 0 Å². The normalized spacial score (nSPS) is 24.7. The summed E-state index contributed by atoms with van der Waals surface area (Å²) in [6.07, 6.45) is 7.86. The average molecular weight is 274 g/mol. The topological polar surface area (TPSA) is 31.4 Å². The molecule has 0 radical (unpaired) electrons. The van der Waals surface area contributed by atoms with Gasteiger partial charge in [0.25, 0.3) is 0 Å². The van der Waals surface area contributed by atoms with Crippen molar-refractivity contribution in [1.29, 1.82) is 0 Å². The van der Waals surface area contributed by atoms with Crippen LogP contribution in [-0.2, 0) is 6.54 Å². The molecule has 3 rings (SSSR count). The van der Waals surface area contributed by atoms with E-state index in [4.69, 9.17) is 0 Å². The third-order valence-corrected chi connectivity index (χ3v) is 4.39. The number of nitrogens with one attached hydrogen (secondary N) is 1. The minimum atomic E-state index is 0.560. The van der Waals surface area contributed by atoms with Crippen LogP contribution in [0.1, 0.15) is 31.7 Å². The van der Waals surface area contributed by atoms with Gasteiger partial charge < -0.3 is 15.1 Å². The molecule has 1 aliphatic carbocycles. The molecule has 1 saturated carbocycles. The fourth-order valence-electron chi connectivity index (χ4n) is 3.11. The Morgan fingerprint density at radius 3 is 3.00 bits per heavy atom. The molecule has 0 amide bonds. The molecular weight excluding hydrogens is 248 g/mol. The summed E-state index contributed by atoms with van der Waals surface area (Å²) in [4.78, 5) is 9.33. The van der Waals surface area contributed by atoms with Gasteiger partial charge in [0, 0.05) is 55.4 Å². The molecule has 2 heterocycles. The van der Waals surface area contributed by atoms with Gasteiger partial charge in [-0.1, -0.05) is 0 Å². The fourth-order valence-corrected chi connectivity index (χ4v) is 3.11. The summed E-state index contributed by atoms with van der Waals surface area (Å²) >= 11 is 0. The van der Waals surface area contributed by atoms with Crippen molar-refractivity contribution >= 4 is 5.69 Å². The van der Waals surface area contributed by atoms with Crippen LogP contribution in [0.5, 0.6) is 0 Å². The molecule has 1 N–H and O–H groups in total. The minimum absolute atomic E-state index is 0.560. The zero-order valence-electron chi connectivity index (χ0n) is 12.7. The van der Waals surface area contributed by atoms with E-state index in [1.54, 1.807) is 0 Å². The lowest BCUT2D eigenvalue weighted by Gasteiger charge is -2.31. The van der Waals surface area contributed by atoms with Gasteiger partial charge in [0.1, 0.15) is 0 Å². The van der Waals surface area contributed by atoms with Crippen molar-refractivity contribution in [3.05, 3.63) is 24.0 Å². The van der Waals surface area contributed by atoms with Gasteiger partial charge in [0.05, 0.1) is 0 Å². The summed E-state index contributed by atoms with van der Waals surface area (Å²) in [6, 6.07) is 3.49. The van der Waals surface area contributed by atoms with Gasteiger partial charge in [0.2, 0.25) is 0 Å². The molecule has 1 saturated heterocycles. The first kappa shape index (κ1) is 13.8. The Bertz CT molecular complexity index is 444. The van der Waals surface area contributed by atoms with Crippen molar-refractivity contribution in [1.82, 2.24) is 15.2 Å². The second kappa shape index (κ2) is 6.10. The van der Waals surface area contributed by atoms with E-state index in [1.807, 2.05) is 12.4 Å². The van der Waals surface area contributed by atoms with Crippen LogP contribution in [0.25, 0.3) is 0 Å². The summed E-state index contributed by atoms with van der Waals surface area (Å²) in [5.74, 6) is 0. The monoisotopic (exact) mass is 274 g/mol. The summed E-state index contributed by atoms with van der Waals surface area (Å²) in [5.41, 5.74) is 2.71. The van der Waals surface area contributed by atoms with Crippen molar-refractivity contribution in [3.63, 3.8) is 0 Å². The van der Waals surface area contributed by atoms with Crippen LogP contribution in [0.3, 0.4) is 0 Å². The van der Waals surface area contributed by atoms with Crippen molar-refractivity contribution in [2.45, 2.75) is 44.8 Å². The maximum absolute atomic E-state index is 4.32. The molecule has 0 aromatic carbocycles. The predicted molar refractivity (Wildman–Crippen MR) is 83.0 cm³/mol. The molecule has 20 heavy (non-hydrogen) atoms. The predicted octanol–water partition coefficient (Wildman–Crippen LogP) is 1.86. The van der Waals surface area contributed by atoms with Crippen LogP contribution in [-0.4, -0.2) is 48.6 Å². The van der Waals surface area contributed by atoms with E-state index in [1.165, 1.54) is 37.1 Å². The Morgan fingerprint density at radius 1 is 1.35 bits per heavy atom. The van der Waals surface area contributed by atoms with Crippen LogP contribution in [0.4, 0.5) is 5.69 Å². The lowest BCUT2D eigenvalue weighted by atomic mass is 10.1. The molecule has 1 atom stereocenters. The molecule has 0 bridgehead atoms. The first-order valence-corrected chi connectivity index (χ1v) is 7.85. The molecule has 1 unspecified atom stereocenters. The largest absolute Gasteiger partial charge is 0.367 e. The van der Waals surface area contributed by atoms with Crippen LogP contribution in [0.15, 0.2) is 18.5 Å². The highest BCUT2D eigenvalue weighted by Gasteiger charge is 2.24. The number of anilines is 1. The summed E-state index contributed by atoms with van der Waals surface area (Å²) < 4.78 is 0. The van der Waals surface area contributed by atoms with Gasteiger partial charge in [-0.05, 0) is 45.8 Å². The van der Waals surface area contributed by atoms with E-state index in [0.29, 0.717) is 6.04 Å². The minimum Gasteiger partial charge on any atom is -0.367 e. The molecule has 2 aliphatic rings. The maximum atomic E-state index is 4.32. The fraction of sp³-hybridized carbons (Fsp3) is 0.688. The number of rotatable bonds is 4. The number of hydrogen-bond donors (Lipinski definition) is 1. The average Bonchev–Trinajstić information content (AvgIpc) is 3.26. The zero-order chi connectivity index (χ0) is 13.9. The van der Waals surface area contributed by atoms with Crippen LogP contribution in [0.2, 0.25) is 0 Å². The number of nitrogens with zero attached hydrogens (tertiary/aromatic N) is 3. The highest BCUT2D eigenvalue weighted by atomic mass is 15.2. The van der Waals surface area contributed by atoms with E-state index < -0.39 is 0 Å². The summed E-state index contributed by atoms with van der Waals surface area (Å²) in [5, 5.41) is 3.61. The quantitative estimate of drug-likeness (QED) is 0.908. The lowest BCUT2D eigenvalue weighted by Crippen LogP contribution is -2.38. The van der Waals surface area contributed by atoms with Gasteiger partial charge in [-0.3, -0.25) is 4.98 Å². The van der Waals surface area contributed by atoms with Crippen molar-refractivity contribution in [2.75, 3.05) is 31.6 Å². The Hall–Kier alpha value is -1.13. The van der Waals surface area contributed by atoms with Crippen molar-refractivity contribution < 1.29 is 0 Å². The first-order valence-electron chi connectivity index (χ1n) is 7.85. The molecule has 1 aliphatic heterocycles. The van der Waals surface area contributed by atoms with E-state index >= 15 is 0 Å². The SMILES string of the molecule is CC1CN(C)CCCN1c1ccncc1CNC1CC1. The molecule has 4 nitrogen and oxygen atoms in total. The van der Waals surface area contributed by atoms with E-state index in [0.717, 1.165) is 25.7 Å². The Labute approximate surface area is 122 Å². The second-order valence-corrected chi connectivity index (χ2v) is 6.32. The summed E-state index contributed by atoms with van der Waals surface area (Å²) in [6.45, 7) is 6.76. The maximum Gasteiger partial charge on any atom is 0.0445 e. The van der Waals surface area contributed by atoms with Gasteiger partial charge in [-0.25, -0.2) is 0 Å². The molecule has 2 fully saturated rings. The smallest absolute Gasteiger partial charge is 0.0445 e. The second-order valence-electron chi connectivity index (χ2n) is 6.32. The zero-order valence-corrected chi connectivity index (χ0v) is 12.7. The highest BCUT2D eigenvalue weighted by molar-refractivity contribution is 5.53. The van der Waals surface area contributed by atoms with Gasteiger partial charge in [0.15, 0.2) is 0 Å². The van der Waals surface area contributed by atoms with Gasteiger partial charge in [-0.2, -0.15) is 0 Å². The Morgan fingerprint density at radius 2 is 2.20 bits per heavy atom. The highest BCUT2D eigenvalue weighted by Crippen LogP contribution is 2.25. The van der Waals surface area contributed by atoms with Crippen molar-refractivity contribution in [2.24, 2.45) is 0 Å². The number of hydrogen-bond acceptors (Lipinski definition) is 4. The van der Waals surface area contributed by atoms with E-state index in [9.17, 15) is 0 Å². The third-order valence-electron chi connectivity index (χ3n) is 4.39. The van der Waals surface area contributed by atoms with Gasteiger partial charge in [-0.15, -0.1) is 0 Å². The molecule has 110 valence electrons. The third kappa shape index (κ3) is 3.30. The molecule has 0 spiro atoms. The number of pyridine rings is 1. The molecule has 1 aromatic rings. The van der Waals surface area contributed by atoms with Crippen LogP contribution >= 0.6 is 0 Å². The van der Waals surface area contributed by atoms with Crippen molar-refractivity contribution in [3.8, 4) is 0 Å². The van der Waals surface area contributed by atoms with Crippen LogP contribution in [0, 0.1) is 0 Å². The van der Waals surface area contributed by atoms with E-state index in [-0.39, 0.29) is 0 Å². The molecule has 1 aromatic heterocycles. The number of aromatic nitrogens is 1. The first-order chi connectivity index (χ1) is 9.74. The molecule has 4 heteroatoms. The van der Waals surface area contributed by atoms with E-state index in [2.05, 4.69) is 40.1 Å².